The van der Waals surface area contributed by atoms with Gasteiger partial charge >= 0.3 is 12.1 Å². The largest absolute Gasteiger partial charge is 0.465 e. The molecule has 0 saturated heterocycles. The van der Waals surface area contributed by atoms with Crippen LogP contribution < -0.4 is 10.6 Å². The van der Waals surface area contributed by atoms with Gasteiger partial charge in [0.15, 0.2) is 0 Å². The summed E-state index contributed by atoms with van der Waals surface area (Å²) in [5.74, 6) is -0.384. The van der Waals surface area contributed by atoms with Crippen LogP contribution in [-0.2, 0) is 9.47 Å². The van der Waals surface area contributed by atoms with Crippen LogP contribution in [0.1, 0.15) is 31.1 Å². The number of esters is 1. The van der Waals surface area contributed by atoms with Gasteiger partial charge in [0.25, 0.3) is 0 Å². The number of nitrogens with one attached hydrogen (secondary N) is 2. The first-order valence-corrected chi connectivity index (χ1v) is 6.71. The van der Waals surface area contributed by atoms with Crippen molar-refractivity contribution < 1.29 is 19.1 Å². The Balaban J connectivity index is 2.36. The Kier molecular flexibility index (Phi) is 6.02. The number of methoxy groups -OCH3 is 1. The predicted molar refractivity (Wildman–Crippen MR) is 80.5 cm³/mol. The zero-order valence-corrected chi connectivity index (χ0v) is 12.9. The van der Waals surface area contributed by atoms with E-state index in [0.29, 0.717) is 18.7 Å². The smallest absolute Gasteiger partial charge is 0.407 e. The van der Waals surface area contributed by atoms with Crippen LogP contribution in [-0.4, -0.2) is 37.9 Å². The number of ether oxygens (including phenoxy) is 2. The normalized spacial score (nSPS) is 10.7. The van der Waals surface area contributed by atoms with Crippen molar-refractivity contribution in [2.45, 2.75) is 26.4 Å². The number of carbonyl (C=O) groups excluding carboxylic acids is 2. The second-order valence-corrected chi connectivity index (χ2v) is 5.43. The number of alkyl carbamates (subject to hydrolysis) is 1. The number of benzene rings is 1. The highest BCUT2D eigenvalue weighted by Crippen LogP contribution is 2.11. The highest BCUT2D eigenvalue weighted by atomic mass is 16.6. The van der Waals surface area contributed by atoms with E-state index in [-0.39, 0.29) is 5.97 Å². The van der Waals surface area contributed by atoms with Crippen molar-refractivity contribution >= 4 is 17.7 Å². The Morgan fingerprint density at radius 1 is 1.19 bits per heavy atom. The Bertz CT molecular complexity index is 495. The fourth-order valence-electron chi connectivity index (χ4n) is 1.56. The number of hydrogen-bond acceptors (Lipinski definition) is 5. The molecule has 116 valence electrons. The summed E-state index contributed by atoms with van der Waals surface area (Å²) in [5.41, 5.74) is 0.748. The molecule has 1 aromatic rings. The zero-order valence-electron chi connectivity index (χ0n) is 12.9. The Hall–Kier alpha value is -2.24. The minimum absolute atomic E-state index is 0.384. The SMILES string of the molecule is COC(=O)c1cccc(NCCNC(=O)OC(C)(C)C)c1. The van der Waals surface area contributed by atoms with Crippen molar-refractivity contribution in [1.82, 2.24) is 5.32 Å². The molecule has 0 unspecified atom stereocenters. The lowest BCUT2D eigenvalue weighted by Crippen LogP contribution is -2.35. The third-order valence-electron chi connectivity index (χ3n) is 2.41. The molecule has 1 rings (SSSR count). The van der Waals surface area contributed by atoms with Crippen LogP contribution in [0.25, 0.3) is 0 Å². The van der Waals surface area contributed by atoms with Crippen LogP contribution in [0, 0.1) is 0 Å². The van der Waals surface area contributed by atoms with E-state index in [2.05, 4.69) is 15.4 Å². The number of carbonyl (C=O) groups is 2. The molecule has 0 aliphatic rings. The summed E-state index contributed by atoms with van der Waals surface area (Å²) < 4.78 is 9.77. The van der Waals surface area contributed by atoms with Gasteiger partial charge in [0.05, 0.1) is 12.7 Å². The molecule has 1 amide bonds. The number of amides is 1. The highest BCUT2D eigenvalue weighted by Gasteiger charge is 2.15. The van der Waals surface area contributed by atoms with Crippen molar-refractivity contribution in [1.29, 1.82) is 0 Å². The molecule has 0 bridgehead atoms. The molecule has 2 N–H and O–H groups in total. The van der Waals surface area contributed by atoms with E-state index in [9.17, 15) is 9.59 Å². The molecule has 0 fully saturated rings. The third kappa shape index (κ3) is 6.65. The van der Waals surface area contributed by atoms with Crippen molar-refractivity contribution in [2.24, 2.45) is 0 Å². The Morgan fingerprint density at radius 2 is 1.90 bits per heavy atom. The molecular formula is C15H22N2O4. The van der Waals surface area contributed by atoms with E-state index in [0.717, 1.165) is 5.69 Å². The van der Waals surface area contributed by atoms with E-state index in [1.165, 1.54) is 7.11 Å². The molecule has 0 saturated carbocycles. The Morgan fingerprint density at radius 3 is 2.52 bits per heavy atom. The monoisotopic (exact) mass is 294 g/mol. The molecule has 0 aromatic heterocycles. The van der Waals surface area contributed by atoms with Gasteiger partial charge in [-0.1, -0.05) is 6.07 Å². The number of hydrogen-bond donors (Lipinski definition) is 2. The van der Waals surface area contributed by atoms with Crippen LogP contribution >= 0.6 is 0 Å². The van der Waals surface area contributed by atoms with Gasteiger partial charge in [0, 0.05) is 18.8 Å². The maximum atomic E-state index is 11.4. The van der Waals surface area contributed by atoms with E-state index in [1.54, 1.807) is 18.2 Å². The van der Waals surface area contributed by atoms with Crippen molar-refractivity contribution in [3.8, 4) is 0 Å². The molecule has 0 aliphatic carbocycles. The number of anilines is 1. The lowest BCUT2D eigenvalue weighted by Gasteiger charge is -2.19. The first-order chi connectivity index (χ1) is 9.81. The predicted octanol–water partition coefficient (Wildman–Crippen LogP) is 2.41. The molecular weight excluding hydrogens is 272 g/mol. The summed E-state index contributed by atoms with van der Waals surface area (Å²) in [7, 11) is 1.34. The molecule has 0 radical (unpaired) electrons. The van der Waals surface area contributed by atoms with E-state index >= 15 is 0 Å². The molecule has 1 aromatic carbocycles. The molecule has 0 spiro atoms. The quantitative estimate of drug-likeness (QED) is 0.644. The van der Waals surface area contributed by atoms with E-state index < -0.39 is 11.7 Å². The van der Waals surface area contributed by atoms with Gasteiger partial charge in [-0.3, -0.25) is 0 Å². The maximum absolute atomic E-state index is 11.4. The van der Waals surface area contributed by atoms with Gasteiger partial charge in [-0.25, -0.2) is 9.59 Å². The van der Waals surface area contributed by atoms with Crippen molar-refractivity contribution in [3.63, 3.8) is 0 Å². The van der Waals surface area contributed by atoms with Crippen LogP contribution in [0.15, 0.2) is 24.3 Å². The second kappa shape index (κ2) is 7.52. The topological polar surface area (TPSA) is 76.7 Å². The van der Waals surface area contributed by atoms with Gasteiger partial charge < -0.3 is 20.1 Å². The van der Waals surface area contributed by atoms with Gasteiger partial charge in [-0.2, -0.15) is 0 Å². The minimum Gasteiger partial charge on any atom is -0.465 e. The average molecular weight is 294 g/mol. The maximum Gasteiger partial charge on any atom is 0.407 e. The van der Waals surface area contributed by atoms with Crippen LogP contribution in [0.3, 0.4) is 0 Å². The molecule has 21 heavy (non-hydrogen) atoms. The molecule has 6 heteroatoms. The standard InChI is InChI=1S/C15H22N2O4/c1-15(2,3)21-14(19)17-9-8-16-12-7-5-6-11(10-12)13(18)20-4/h5-7,10,16H,8-9H2,1-4H3,(H,17,19). The zero-order chi connectivity index (χ0) is 15.9. The lowest BCUT2D eigenvalue weighted by atomic mass is 10.2. The highest BCUT2D eigenvalue weighted by molar-refractivity contribution is 5.90. The summed E-state index contributed by atoms with van der Waals surface area (Å²) >= 11 is 0. The average Bonchev–Trinajstić information content (AvgIpc) is 2.41. The molecule has 0 heterocycles. The van der Waals surface area contributed by atoms with E-state index in [1.807, 2.05) is 26.8 Å². The number of rotatable bonds is 5. The summed E-state index contributed by atoms with van der Waals surface area (Å²) in [6.45, 7) is 6.36. The molecule has 6 nitrogen and oxygen atoms in total. The van der Waals surface area contributed by atoms with Gasteiger partial charge in [-0.05, 0) is 39.0 Å². The van der Waals surface area contributed by atoms with Crippen LogP contribution in [0.5, 0.6) is 0 Å². The van der Waals surface area contributed by atoms with Crippen LogP contribution in [0.4, 0.5) is 10.5 Å². The van der Waals surface area contributed by atoms with Gasteiger partial charge in [0.1, 0.15) is 5.60 Å². The van der Waals surface area contributed by atoms with Gasteiger partial charge in [-0.15, -0.1) is 0 Å². The van der Waals surface area contributed by atoms with E-state index in [4.69, 9.17) is 4.74 Å². The van der Waals surface area contributed by atoms with Gasteiger partial charge in [0.2, 0.25) is 0 Å². The first kappa shape index (κ1) is 16.8. The lowest BCUT2D eigenvalue weighted by molar-refractivity contribution is 0.0528. The third-order valence-corrected chi connectivity index (χ3v) is 2.41. The summed E-state index contributed by atoms with van der Waals surface area (Å²) in [5, 5.41) is 5.75. The fraction of sp³-hybridized carbons (Fsp3) is 0.467. The summed E-state index contributed by atoms with van der Waals surface area (Å²) in [4.78, 5) is 22.8. The second-order valence-electron chi connectivity index (χ2n) is 5.43. The first-order valence-electron chi connectivity index (χ1n) is 6.71. The Labute approximate surface area is 124 Å². The fourth-order valence-corrected chi connectivity index (χ4v) is 1.56. The molecule has 0 aliphatic heterocycles. The minimum atomic E-state index is -0.508. The summed E-state index contributed by atoms with van der Waals surface area (Å²) in [6.07, 6.45) is -0.451. The van der Waals surface area contributed by atoms with Crippen LogP contribution in [0.2, 0.25) is 0 Å². The molecule has 0 atom stereocenters. The summed E-state index contributed by atoms with van der Waals surface area (Å²) in [6, 6.07) is 6.96. The van der Waals surface area contributed by atoms with Crippen molar-refractivity contribution in [2.75, 3.05) is 25.5 Å². The van der Waals surface area contributed by atoms with Crippen molar-refractivity contribution in [3.05, 3.63) is 29.8 Å².